The molecule has 4 N–H and O–H groups in total. The highest BCUT2D eigenvalue weighted by atomic mass is 16.5. The minimum atomic E-state index is -1.01. The summed E-state index contributed by atoms with van der Waals surface area (Å²) in [6.45, 7) is 15.5. The normalized spacial score (nSPS) is 10.8. The van der Waals surface area contributed by atoms with Crippen molar-refractivity contribution in [2.45, 2.75) is 67.9 Å². The Morgan fingerprint density at radius 2 is 1.36 bits per heavy atom. The Balaban J connectivity index is 0.00000171. The van der Waals surface area contributed by atoms with E-state index in [9.17, 15) is 9.90 Å². The number of phenols is 1. The number of carboxylic acids is 1. The van der Waals surface area contributed by atoms with Crippen molar-refractivity contribution >= 4 is 5.97 Å². The molecule has 0 spiro atoms. The maximum Gasteiger partial charge on any atom is 0.320 e. The summed E-state index contributed by atoms with van der Waals surface area (Å²) >= 11 is 0. The second-order valence-electron chi connectivity index (χ2n) is 6.22. The Kier molecular flexibility index (Phi) is 10.9. The van der Waals surface area contributed by atoms with Gasteiger partial charge in [-0.15, -0.1) is 0 Å². The molecule has 0 saturated heterocycles. The fourth-order valence-electron chi connectivity index (χ4n) is 2.75. The Labute approximate surface area is 169 Å². The van der Waals surface area contributed by atoms with Gasteiger partial charge in [0.25, 0.3) is 0 Å². The fraction of sp³-hybridized carbons (Fsp3) is 0.435. The number of hydrogen-bond donors (Lipinski definition) is 3. The highest BCUT2D eigenvalue weighted by molar-refractivity contribution is 5.73. The predicted octanol–water partition coefficient (Wildman–Crippen LogP) is 5.42. The largest absolute Gasteiger partial charge is 0.507 e. The van der Waals surface area contributed by atoms with Crippen molar-refractivity contribution in [3.05, 3.63) is 52.1 Å². The molecule has 0 saturated carbocycles. The molecule has 5 heteroatoms. The van der Waals surface area contributed by atoms with Crippen molar-refractivity contribution in [1.82, 2.24) is 0 Å². The molecule has 0 radical (unpaired) electrons. The van der Waals surface area contributed by atoms with E-state index in [1.807, 2.05) is 67.5 Å². The molecule has 0 aliphatic carbocycles. The van der Waals surface area contributed by atoms with Crippen LogP contribution < -0.4 is 10.5 Å². The Morgan fingerprint density at radius 3 is 1.75 bits per heavy atom. The lowest BCUT2D eigenvalue weighted by Gasteiger charge is -2.16. The third-order valence-electron chi connectivity index (χ3n) is 3.98. The van der Waals surface area contributed by atoms with Gasteiger partial charge >= 0.3 is 5.97 Å². The van der Waals surface area contributed by atoms with Gasteiger partial charge in [-0.25, -0.2) is 0 Å². The Morgan fingerprint density at radius 1 is 0.929 bits per heavy atom. The summed E-state index contributed by atoms with van der Waals surface area (Å²) in [5.41, 5.74) is 9.79. The summed E-state index contributed by atoms with van der Waals surface area (Å²) in [4.78, 5) is 10.9. The van der Waals surface area contributed by atoms with Crippen LogP contribution in [0.3, 0.4) is 0 Å². The molecule has 0 aliphatic rings. The number of nitrogens with two attached hydrogens (primary N) is 1. The molecule has 2 aromatic carbocycles. The highest BCUT2D eigenvalue weighted by Gasteiger charge is 2.15. The smallest absolute Gasteiger partial charge is 0.320 e. The first-order chi connectivity index (χ1) is 13.2. The van der Waals surface area contributed by atoms with E-state index < -0.39 is 12.0 Å². The van der Waals surface area contributed by atoms with Crippen molar-refractivity contribution in [1.29, 1.82) is 0 Å². The van der Waals surface area contributed by atoms with Gasteiger partial charge in [-0.1, -0.05) is 39.8 Å². The van der Waals surface area contributed by atoms with Crippen molar-refractivity contribution in [3.8, 4) is 17.2 Å². The van der Waals surface area contributed by atoms with Gasteiger partial charge in [0.05, 0.1) is 0 Å². The Hall–Kier alpha value is -2.53. The minimum absolute atomic E-state index is 0.272. The van der Waals surface area contributed by atoms with Gasteiger partial charge in [-0.2, -0.15) is 0 Å². The van der Waals surface area contributed by atoms with Crippen LogP contribution >= 0.6 is 0 Å². The third-order valence-corrected chi connectivity index (χ3v) is 3.98. The van der Waals surface area contributed by atoms with Crippen molar-refractivity contribution in [3.63, 3.8) is 0 Å². The quantitative estimate of drug-likeness (QED) is 0.634. The maximum atomic E-state index is 10.9. The van der Waals surface area contributed by atoms with Gasteiger partial charge in [0.1, 0.15) is 23.3 Å². The van der Waals surface area contributed by atoms with E-state index in [0.717, 1.165) is 33.6 Å². The molecular formula is C23H35NO4. The number of benzene rings is 2. The first-order valence-electron chi connectivity index (χ1n) is 9.75. The number of ether oxygens (including phenoxy) is 1. The molecule has 0 amide bonds. The summed E-state index contributed by atoms with van der Waals surface area (Å²) in [6, 6.07) is 6.44. The molecule has 0 aromatic heterocycles. The lowest BCUT2D eigenvalue weighted by atomic mass is 10.0. The van der Waals surface area contributed by atoms with Gasteiger partial charge in [0.2, 0.25) is 0 Å². The van der Waals surface area contributed by atoms with Crippen LogP contribution in [0.15, 0.2) is 24.3 Å². The van der Waals surface area contributed by atoms with Crippen molar-refractivity contribution in [2.24, 2.45) is 5.73 Å². The number of carbonyl (C=O) groups is 1. The number of rotatable bonds is 5. The molecule has 2 aromatic rings. The molecule has 28 heavy (non-hydrogen) atoms. The lowest BCUT2D eigenvalue weighted by molar-refractivity contribution is -0.138. The van der Waals surface area contributed by atoms with E-state index in [4.69, 9.17) is 15.6 Å². The van der Waals surface area contributed by atoms with Crippen LogP contribution in [0.5, 0.6) is 17.2 Å². The lowest BCUT2D eigenvalue weighted by Crippen LogP contribution is -2.32. The van der Waals surface area contributed by atoms with Gasteiger partial charge in [-0.05, 0) is 74.1 Å². The molecule has 1 unspecified atom stereocenters. The number of aromatic hydroxyl groups is 1. The number of hydrogen-bond acceptors (Lipinski definition) is 4. The molecule has 5 nitrogen and oxygen atoms in total. The fourth-order valence-corrected chi connectivity index (χ4v) is 2.75. The predicted molar refractivity (Wildman–Crippen MR) is 116 cm³/mol. The molecule has 0 bridgehead atoms. The average Bonchev–Trinajstić information content (AvgIpc) is 2.65. The number of phenolic OH excluding ortho intramolecular Hbond substituents is 1. The standard InChI is InChI=1S/C19H23NO4.2C2H6/c1-10-7-15(8-11(2)17(10)21)24-18-12(3)5-14(6-13(18)4)9-16(20)19(22)23;2*1-2/h5-8,16,21H,9,20H2,1-4H3,(H,22,23);2*1-2H3. The van der Waals surface area contributed by atoms with Gasteiger partial charge in [0, 0.05) is 0 Å². The number of aryl methyl sites for hydroxylation is 4. The summed E-state index contributed by atoms with van der Waals surface area (Å²) in [5.74, 6) is 0.644. The van der Waals surface area contributed by atoms with E-state index in [1.54, 1.807) is 12.1 Å². The molecule has 1 atom stereocenters. The van der Waals surface area contributed by atoms with Crippen LogP contribution in [0.4, 0.5) is 0 Å². The van der Waals surface area contributed by atoms with E-state index in [2.05, 4.69) is 0 Å². The molecular weight excluding hydrogens is 354 g/mol. The first-order valence-corrected chi connectivity index (χ1v) is 9.75. The van der Waals surface area contributed by atoms with Crippen LogP contribution in [-0.4, -0.2) is 22.2 Å². The van der Waals surface area contributed by atoms with Crippen LogP contribution in [0.2, 0.25) is 0 Å². The van der Waals surface area contributed by atoms with Crippen LogP contribution in [-0.2, 0) is 11.2 Å². The number of aliphatic carboxylic acids is 1. The SMILES string of the molecule is CC.CC.Cc1cc(Oc2c(C)cc(CC(N)C(=O)O)cc2C)cc(C)c1O. The summed E-state index contributed by atoms with van der Waals surface area (Å²) < 4.78 is 6.01. The molecule has 0 aliphatic heterocycles. The van der Waals surface area contributed by atoms with E-state index in [0.29, 0.717) is 5.75 Å². The van der Waals surface area contributed by atoms with E-state index in [1.165, 1.54) is 0 Å². The monoisotopic (exact) mass is 389 g/mol. The van der Waals surface area contributed by atoms with Gasteiger partial charge in [0.15, 0.2) is 0 Å². The Bertz CT molecular complexity index is 738. The molecule has 2 rings (SSSR count). The van der Waals surface area contributed by atoms with Gasteiger partial charge < -0.3 is 20.7 Å². The average molecular weight is 390 g/mol. The van der Waals surface area contributed by atoms with Crippen LogP contribution in [0.1, 0.15) is 55.5 Å². The molecule has 0 heterocycles. The molecule has 156 valence electrons. The minimum Gasteiger partial charge on any atom is -0.507 e. The van der Waals surface area contributed by atoms with E-state index in [-0.39, 0.29) is 12.2 Å². The van der Waals surface area contributed by atoms with E-state index >= 15 is 0 Å². The summed E-state index contributed by atoms with van der Waals surface area (Å²) in [7, 11) is 0. The summed E-state index contributed by atoms with van der Waals surface area (Å²) in [6.07, 6.45) is 0.273. The summed E-state index contributed by atoms with van der Waals surface area (Å²) in [5, 5.41) is 18.8. The second-order valence-corrected chi connectivity index (χ2v) is 6.22. The zero-order valence-corrected chi connectivity index (χ0v) is 18.4. The van der Waals surface area contributed by atoms with Crippen LogP contribution in [0, 0.1) is 27.7 Å². The van der Waals surface area contributed by atoms with Crippen molar-refractivity contribution in [2.75, 3.05) is 0 Å². The zero-order valence-electron chi connectivity index (χ0n) is 18.4. The third kappa shape index (κ3) is 6.89. The second kappa shape index (κ2) is 12.0. The molecule has 0 fully saturated rings. The van der Waals surface area contributed by atoms with Crippen molar-refractivity contribution < 1.29 is 19.7 Å². The number of carboxylic acid groups (broad SMARTS) is 1. The highest BCUT2D eigenvalue weighted by Crippen LogP contribution is 2.33. The maximum absolute atomic E-state index is 10.9. The topological polar surface area (TPSA) is 92.8 Å². The zero-order chi connectivity index (χ0) is 22.0. The first kappa shape index (κ1) is 25.5. The van der Waals surface area contributed by atoms with Gasteiger partial charge in [-0.3, -0.25) is 4.79 Å². The van der Waals surface area contributed by atoms with Crippen LogP contribution in [0.25, 0.3) is 0 Å².